The summed E-state index contributed by atoms with van der Waals surface area (Å²) in [6.45, 7) is 2.85. The molecule has 1 aliphatic carbocycles. The number of ether oxygens (including phenoxy) is 6. The van der Waals surface area contributed by atoms with Crippen LogP contribution < -0.4 is 23.7 Å². The van der Waals surface area contributed by atoms with Gasteiger partial charge in [-0.3, -0.25) is 4.79 Å². The van der Waals surface area contributed by atoms with E-state index in [9.17, 15) is 9.59 Å². The third-order valence-electron chi connectivity index (χ3n) is 7.81. The van der Waals surface area contributed by atoms with Crippen molar-refractivity contribution in [2.24, 2.45) is 5.92 Å². The SMILES string of the molecule is CCCOc1ccc2c(c1)CC(C(=O)Oc1ccc(OC)cc1-c1cccc(C(=O)OC)c1)C2c1ccc2c(c1)OCO2. The van der Waals surface area contributed by atoms with Crippen LogP contribution in [0, 0.1) is 5.92 Å². The van der Waals surface area contributed by atoms with Crippen LogP contribution >= 0.6 is 0 Å². The van der Waals surface area contributed by atoms with E-state index in [1.54, 1.807) is 43.5 Å². The van der Waals surface area contributed by atoms with Gasteiger partial charge in [-0.1, -0.05) is 31.2 Å². The minimum atomic E-state index is -0.506. The largest absolute Gasteiger partial charge is 0.497 e. The summed E-state index contributed by atoms with van der Waals surface area (Å²) < 4.78 is 33.6. The monoisotopic (exact) mass is 580 g/mol. The Bertz CT molecular complexity index is 1680. The minimum Gasteiger partial charge on any atom is -0.497 e. The van der Waals surface area contributed by atoms with Gasteiger partial charge in [0.05, 0.1) is 32.3 Å². The van der Waals surface area contributed by atoms with Crippen molar-refractivity contribution in [1.82, 2.24) is 0 Å². The molecule has 0 N–H and O–H groups in total. The number of benzene rings is 4. The maximum Gasteiger partial charge on any atom is 0.337 e. The van der Waals surface area contributed by atoms with Crippen LogP contribution in [0.2, 0.25) is 0 Å². The number of carbonyl (C=O) groups excluding carboxylic acids is 2. The van der Waals surface area contributed by atoms with Gasteiger partial charge in [-0.25, -0.2) is 4.79 Å². The molecule has 43 heavy (non-hydrogen) atoms. The first kappa shape index (κ1) is 28.2. The topological polar surface area (TPSA) is 89.5 Å². The van der Waals surface area contributed by atoms with Crippen molar-refractivity contribution in [2.45, 2.75) is 25.7 Å². The van der Waals surface area contributed by atoms with E-state index in [1.165, 1.54) is 7.11 Å². The molecule has 0 saturated carbocycles. The van der Waals surface area contributed by atoms with Crippen molar-refractivity contribution in [3.05, 3.63) is 101 Å². The van der Waals surface area contributed by atoms with Crippen molar-refractivity contribution in [3.63, 3.8) is 0 Å². The highest BCUT2D eigenvalue weighted by Gasteiger charge is 2.40. The lowest BCUT2D eigenvalue weighted by molar-refractivity contribution is -0.139. The van der Waals surface area contributed by atoms with E-state index in [0.29, 0.717) is 52.7 Å². The maximum atomic E-state index is 14.1. The molecule has 0 spiro atoms. The number of rotatable bonds is 9. The zero-order valence-corrected chi connectivity index (χ0v) is 24.3. The van der Waals surface area contributed by atoms with Gasteiger partial charge < -0.3 is 28.4 Å². The lowest BCUT2D eigenvalue weighted by Gasteiger charge is -2.21. The first-order chi connectivity index (χ1) is 21.0. The molecule has 2 aliphatic rings. The highest BCUT2D eigenvalue weighted by atomic mass is 16.7. The van der Waals surface area contributed by atoms with Crippen molar-refractivity contribution in [3.8, 4) is 39.9 Å². The number of fused-ring (bicyclic) bond motifs is 2. The Hall–Kier alpha value is -4.98. The van der Waals surface area contributed by atoms with Crippen LogP contribution in [0.15, 0.2) is 78.9 Å². The Morgan fingerprint density at radius 1 is 0.884 bits per heavy atom. The summed E-state index contributed by atoms with van der Waals surface area (Å²) in [6, 6.07) is 24.0. The van der Waals surface area contributed by atoms with E-state index < -0.39 is 11.9 Å². The number of carbonyl (C=O) groups is 2. The van der Waals surface area contributed by atoms with Gasteiger partial charge in [0.1, 0.15) is 17.2 Å². The molecule has 2 unspecified atom stereocenters. The predicted molar refractivity (Wildman–Crippen MR) is 159 cm³/mol. The second-order valence-corrected chi connectivity index (χ2v) is 10.5. The van der Waals surface area contributed by atoms with E-state index in [2.05, 4.69) is 6.92 Å². The molecule has 0 amide bonds. The summed E-state index contributed by atoms with van der Waals surface area (Å²) >= 11 is 0. The molecule has 6 rings (SSSR count). The van der Waals surface area contributed by atoms with Gasteiger partial charge in [0.25, 0.3) is 0 Å². The molecule has 0 saturated heterocycles. The molecule has 4 aromatic carbocycles. The highest BCUT2D eigenvalue weighted by molar-refractivity contribution is 5.91. The summed E-state index contributed by atoms with van der Waals surface area (Å²) in [5.41, 5.74) is 4.71. The first-order valence-corrected chi connectivity index (χ1v) is 14.2. The summed E-state index contributed by atoms with van der Waals surface area (Å²) in [5, 5.41) is 0. The molecule has 220 valence electrons. The molecule has 2 atom stereocenters. The second kappa shape index (κ2) is 12.1. The van der Waals surface area contributed by atoms with E-state index in [-0.39, 0.29) is 18.7 Å². The van der Waals surface area contributed by atoms with Crippen LogP contribution in [0.5, 0.6) is 28.7 Å². The van der Waals surface area contributed by atoms with E-state index >= 15 is 0 Å². The van der Waals surface area contributed by atoms with Gasteiger partial charge in [0, 0.05) is 11.5 Å². The average Bonchev–Trinajstić information content (AvgIpc) is 3.67. The maximum absolute atomic E-state index is 14.1. The van der Waals surface area contributed by atoms with Gasteiger partial charge in [-0.15, -0.1) is 0 Å². The standard InChI is InChI=1S/C35H32O8/c1-4-14-40-26-9-11-27-24(16-26)17-29(33(27)22-8-12-31-32(18-22)42-20-41-31)35(37)43-30-13-10-25(38-2)19-28(30)21-6-5-7-23(15-21)34(36)39-3/h5-13,15-16,18-19,29,33H,4,14,17,20H2,1-3H3. The molecule has 8 nitrogen and oxygen atoms in total. The van der Waals surface area contributed by atoms with Crippen LogP contribution in [0.3, 0.4) is 0 Å². The summed E-state index contributed by atoms with van der Waals surface area (Å²) in [4.78, 5) is 26.3. The second-order valence-electron chi connectivity index (χ2n) is 10.5. The molecule has 0 fully saturated rings. The fraction of sp³-hybridized carbons (Fsp3) is 0.257. The number of esters is 2. The van der Waals surface area contributed by atoms with Crippen LogP contribution in [0.1, 0.15) is 46.3 Å². The van der Waals surface area contributed by atoms with Gasteiger partial charge in [0.2, 0.25) is 6.79 Å². The Balaban J connectivity index is 1.36. The lowest BCUT2D eigenvalue weighted by atomic mass is 9.85. The fourth-order valence-corrected chi connectivity index (χ4v) is 5.75. The molecule has 8 heteroatoms. The predicted octanol–water partition coefficient (Wildman–Crippen LogP) is 6.58. The van der Waals surface area contributed by atoms with Gasteiger partial charge in [-0.2, -0.15) is 0 Å². The van der Waals surface area contributed by atoms with Crippen molar-refractivity contribution in [2.75, 3.05) is 27.6 Å². The van der Waals surface area contributed by atoms with Gasteiger partial charge >= 0.3 is 11.9 Å². The number of methoxy groups -OCH3 is 2. The first-order valence-electron chi connectivity index (χ1n) is 14.2. The van der Waals surface area contributed by atoms with Crippen LogP contribution in [0.25, 0.3) is 11.1 Å². The zero-order valence-electron chi connectivity index (χ0n) is 24.3. The highest BCUT2D eigenvalue weighted by Crippen LogP contribution is 2.47. The Labute approximate surface area is 250 Å². The van der Waals surface area contributed by atoms with E-state index in [0.717, 1.165) is 28.9 Å². The van der Waals surface area contributed by atoms with E-state index in [4.69, 9.17) is 28.4 Å². The molecule has 1 aliphatic heterocycles. The van der Waals surface area contributed by atoms with Gasteiger partial charge in [-0.05, 0) is 89.7 Å². The molecular weight excluding hydrogens is 548 g/mol. The fourth-order valence-electron chi connectivity index (χ4n) is 5.75. The molecule has 0 radical (unpaired) electrons. The number of hydrogen-bond acceptors (Lipinski definition) is 8. The quantitative estimate of drug-likeness (QED) is 0.162. The lowest BCUT2D eigenvalue weighted by Crippen LogP contribution is -2.25. The van der Waals surface area contributed by atoms with Crippen LogP contribution in [0.4, 0.5) is 0 Å². The smallest absolute Gasteiger partial charge is 0.337 e. The van der Waals surface area contributed by atoms with Crippen LogP contribution in [-0.4, -0.2) is 39.6 Å². The summed E-state index contributed by atoms with van der Waals surface area (Å²) in [6.07, 6.45) is 1.39. The van der Waals surface area contributed by atoms with Crippen molar-refractivity contribution in [1.29, 1.82) is 0 Å². The van der Waals surface area contributed by atoms with Crippen LogP contribution in [-0.2, 0) is 16.0 Å². The molecule has 4 aromatic rings. The van der Waals surface area contributed by atoms with Gasteiger partial charge in [0.15, 0.2) is 11.5 Å². The minimum absolute atomic E-state index is 0.168. The molecular formula is C35H32O8. The normalized spacial score (nSPS) is 16.3. The van der Waals surface area contributed by atoms with E-state index in [1.807, 2.05) is 42.5 Å². The van der Waals surface area contributed by atoms with Crippen molar-refractivity contribution >= 4 is 11.9 Å². The molecule has 1 heterocycles. The summed E-state index contributed by atoms with van der Waals surface area (Å²) in [7, 11) is 2.91. The third kappa shape index (κ3) is 5.60. The van der Waals surface area contributed by atoms with Crippen molar-refractivity contribution < 1.29 is 38.0 Å². The molecule has 0 bridgehead atoms. The number of hydrogen-bond donors (Lipinski definition) is 0. The Morgan fingerprint density at radius 2 is 1.72 bits per heavy atom. The molecule has 0 aromatic heterocycles. The Kier molecular flexibility index (Phi) is 7.92. The zero-order chi connectivity index (χ0) is 29.9. The summed E-state index contributed by atoms with van der Waals surface area (Å²) in [5.74, 6) is 1.47. The Morgan fingerprint density at radius 3 is 2.53 bits per heavy atom. The third-order valence-corrected chi connectivity index (χ3v) is 7.81. The average molecular weight is 581 g/mol.